The van der Waals surface area contributed by atoms with Crippen LogP contribution in [0.2, 0.25) is 0 Å². The summed E-state index contributed by atoms with van der Waals surface area (Å²) in [5.41, 5.74) is 3.47. The van der Waals surface area contributed by atoms with Crippen LogP contribution < -0.4 is 5.32 Å². The quantitative estimate of drug-likeness (QED) is 0.826. The van der Waals surface area contributed by atoms with Gasteiger partial charge in [0.15, 0.2) is 0 Å². The number of fused-ring (bicyclic) bond motifs is 1. The molecule has 0 saturated carbocycles. The predicted molar refractivity (Wildman–Crippen MR) is 78.2 cm³/mol. The van der Waals surface area contributed by atoms with Gasteiger partial charge < -0.3 is 5.32 Å². The van der Waals surface area contributed by atoms with E-state index in [0.717, 1.165) is 30.5 Å². The van der Waals surface area contributed by atoms with Crippen molar-refractivity contribution in [2.45, 2.75) is 38.4 Å². The Balaban J connectivity index is 2.25. The number of carbonyl (C=O) groups is 1. The first-order valence-electron chi connectivity index (χ1n) is 6.42. The molecule has 18 heavy (non-hydrogen) atoms. The van der Waals surface area contributed by atoms with Gasteiger partial charge in [0.1, 0.15) is 0 Å². The zero-order valence-corrected chi connectivity index (χ0v) is 12.8. The first-order valence-corrected chi connectivity index (χ1v) is 7.33. The van der Waals surface area contributed by atoms with Crippen molar-refractivity contribution < 1.29 is 4.79 Å². The first-order chi connectivity index (χ1) is 8.37. The van der Waals surface area contributed by atoms with E-state index in [2.05, 4.69) is 54.2 Å². The number of alkyl halides is 1. The maximum absolute atomic E-state index is 11.8. The first kappa shape index (κ1) is 13.6. The Morgan fingerprint density at radius 1 is 1.39 bits per heavy atom. The summed E-state index contributed by atoms with van der Waals surface area (Å²) in [5, 5.41) is 2.90. The molecule has 2 rings (SSSR count). The molecule has 1 unspecified atom stereocenters. The van der Waals surface area contributed by atoms with Crippen molar-refractivity contribution in [3.05, 3.63) is 34.9 Å². The minimum Gasteiger partial charge on any atom is -0.352 e. The van der Waals surface area contributed by atoms with Crippen molar-refractivity contribution >= 4 is 21.8 Å². The third-order valence-corrected chi connectivity index (χ3v) is 4.06. The molecule has 1 amide bonds. The molecule has 1 atom stereocenters. The SMILES string of the molecule is CC(C)(C)CC(Br)c1ccc2c(c1)C(=O)NCC2. The highest BCUT2D eigenvalue weighted by atomic mass is 79.9. The second kappa shape index (κ2) is 5.04. The van der Waals surface area contributed by atoms with Crippen LogP contribution in [-0.4, -0.2) is 12.5 Å². The molecular weight excluding hydrogens is 290 g/mol. The topological polar surface area (TPSA) is 29.1 Å². The fourth-order valence-electron chi connectivity index (χ4n) is 2.28. The van der Waals surface area contributed by atoms with Crippen molar-refractivity contribution in [3.63, 3.8) is 0 Å². The van der Waals surface area contributed by atoms with E-state index in [9.17, 15) is 4.79 Å². The molecule has 1 aliphatic rings. The highest BCUT2D eigenvalue weighted by Crippen LogP contribution is 2.36. The number of amides is 1. The van der Waals surface area contributed by atoms with E-state index >= 15 is 0 Å². The predicted octanol–water partition coefficient (Wildman–Crippen LogP) is 3.84. The molecule has 0 aromatic heterocycles. The molecule has 1 aromatic rings. The number of halogens is 1. The van der Waals surface area contributed by atoms with Crippen LogP contribution >= 0.6 is 15.9 Å². The summed E-state index contributed by atoms with van der Waals surface area (Å²) in [6, 6.07) is 6.28. The number of hydrogen-bond acceptors (Lipinski definition) is 1. The van der Waals surface area contributed by atoms with Crippen LogP contribution in [0.15, 0.2) is 18.2 Å². The van der Waals surface area contributed by atoms with Gasteiger partial charge in [-0.3, -0.25) is 4.79 Å². The summed E-state index contributed by atoms with van der Waals surface area (Å²) in [5.74, 6) is 0.0635. The molecule has 1 N–H and O–H groups in total. The van der Waals surface area contributed by atoms with Gasteiger partial charge in [-0.1, -0.05) is 48.8 Å². The highest BCUT2D eigenvalue weighted by Gasteiger charge is 2.21. The van der Waals surface area contributed by atoms with E-state index < -0.39 is 0 Å². The lowest BCUT2D eigenvalue weighted by atomic mass is 9.87. The maximum atomic E-state index is 11.8. The minimum atomic E-state index is 0.0635. The monoisotopic (exact) mass is 309 g/mol. The van der Waals surface area contributed by atoms with Crippen molar-refractivity contribution in [1.29, 1.82) is 0 Å². The van der Waals surface area contributed by atoms with E-state index in [-0.39, 0.29) is 11.3 Å². The molecule has 1 aromatic carbocycles. The van der Waals surface area contributed by atoms with E-state index in [0.29, 0.717) is 4.83 Å². The molecule has 2 nitrogen and oxygen atoms in total. The number of nitrogens with one attached hydrogen (secondary N) is 1. The highest BCUT2D eigenvalue weighted by molar-refractivity contribution is 9.09. The average Bonchev–Trinajstić information content (AvgIpc) is 2.27. The zero-order valence-electron chi connectivity index (χ0n) is 11.2. The second-order valence-electron chi connectivity index (χ2n) is 6.15. The van der Waals surface area contributed by atoms with Gasteiger partial charge in [0.2, 0.25) is 0 Å². The minimum absolute atomic E-state index is 0.0635. The molecule has 0 saturated heterocycles. The summed E-state index contributed by atoms with van der Waals surface area (Å²) in [6.07, 6.45) is 1.99. The van der Waals surface area contributed by atoms with Crippen LogP contribution in [0.1, 0.15) is 53.5 Å². The van der Waals surface area contributed by atoms with Crippen molar-refractivity contribution in [1.82, 2.24) is 5.32 Å². The summed E-state index contributed by atoms with van der Waals surface area (Å²) in [4.78, 5) is 12.1. The molecular formula is C15H20BrNO. The van der Waals surface area contributed by atoms with Gasteiger partial charge in [0, 0.05) is 16.9 Å². The summed E-state index contributed by atoms with van der Waals surface area (Å²) in [6.45, 7) is 7.44. The molecule has 0 aliphatic carbocycles. The van der Waals surface area contributed by atoms with Gasteiger partial charge in [0.25, 0.3) is 5.91 Å². The Morgan fingerprint density at radius 2 is 2.11 bits per heavy atom. The van der Waals surface area contributed by atoms with Gasteiger partial charge in [-0.25, -0.2) is 0 Å². The van der Waals surface area contributed by atoms with Crippen LogP contribution in [0.3, 0.4) is 0 Å². The van der Waals surface area contributed by atoms with E-state index in [1.807, 2.05) is 6.07 Å². The van der Waals surface area contributed by atoms with E-state index in [4.69, 9.17) is 0 Å². The summed E-state index contributed by atoms with van der Waals surface area (Å²) in [7, 11) is 0. The number of benzene rings is 1. The number of rotatable bonds is 2. The van der Waals surface area contributed by atoms with Gasteiger partial charge in [-0.05, 0) is 35.4 Å². The Labute approximate surface area is 117 Å². The van der Waals surface area contributed by atoms with Crippen LogP contribution in [0.5, 0.6) is 0 Å². The Bertz CT molecular complexity index is 462. The molecule has 0 radical (unpaired) electrons. The van der Waals surface area contributed by atoms with E-state index in [1.54, 1.807) is 0 Å². The molecule has 0 spiro atoms. The van der Waals surface area contributed by atoms with Gasteiger partial charge in [-0.15, -0.1) is 0 Å². The van der Waals surface area contributed by atoms with Crippen molar-refractivity contribution in [3.8, 4) is 0 Å². The fraction of sp³-hybridized carbons (Fsp3) is 0.533. The van der Waals surface area contributed by atoms with Gasteiger partial charge in [0.05, 0.1) is 0 Å². The van der Waals surface area contributed by atoms with Crippen LogP contribution in [0.4, 0.5) is 0 Å². The lowest BCUT2D eigenvalue weighted by Gasteiger charge is -2.24. The van der Waals surface area contributed by atoms with Crippen LogP contribution in [0.25, 0.3) is 0 Å². The normalized spacial score (nSPS) is 17.0. The lowest BCUT2D eigenvalue weighted by Crippen LogP contribution is -2.31. The molecule has 1 aliphatic heterocycles. The smallest absolute Gasteiger partial charge is 0.251 e. The molecule has 1 heterocycles. The Kier molecular flexibility index (Phi) is 3.81. The third kappa shape index (κ3) is 3.14. The standard InChI is InChI=1S/C15H20BrNO/c1-15(2,3)9-13(16)11-5-4-10-6-7-17-14(18)12(10)8-11/h4-5,8,13H,6-7,9H2,1-3H3,(H,17,18). The summed E-state index contributed by atoms with van der Waals surface area (Å²) >= 11 is 3.74. The maximum Gasteiger partial charge on any atom is 0.251 e. The molecule has 98 valence electrons. The van der Waals surface area contributed by atoms with Crippen molar-refractivity contribution in [2.24, 2.45) is 5.41 Å². The average molecular weight is 310 g/mol. The lowest BCUT2D eigenvalue weighted by molar-refractivity contribution is 0.0946. The van der Waals surface area contributed by atoms with Gasteiger partial charge >= 0.3 is 0 Å². The molecule has 0 bridgehead atoms. The van der Waals surface area contributed by atoms with Crippen LogP contribution in [0, 0.1) is 5.41 Å². The van der Waals surface area contributed by atoms with Crippen molar-refractivity contribution in [2.75, 3.05) is 6.54 Å². The number of carbonyl (C=O) groups excluding carboxylic acids is 1. The molecule has 0 fully saturated rings. The van der Waals surface area contributed by atoms with Crippen LogP contribution in [-0.2, 0) is 6.42 Å². The third-order valence-electron chi connectivity index (χ3n) is 3.21. The Morgan fingerprint density at radius 3 is 2.78 bits per heavy atom. The zero-order chi connectivity index (χ0) is 13.3. The molecule has 3 heteroatoms. The van der Waals surface area contributed by atoms with Gasteiger partial charge in [-0.2, -0.15) is 0 Å². The summed E-state index contributed by atoms with van der Waals surface area (Å²) < 4.78 is 0. The largest absolute Gasteiger partial charge is 0.352 e. The second-order valence-corrected chi connectivity index (χ2v) is 7.26. The van der Waals surface area contributed by atoms with E-state index in [1.165, 1.54) is 5.56 Å². The Hall–Kier alpha value is -0.830. The number of hydrogen-bond donors (Lipinski definition) is 1. The fourth-order valence-corrected chi connectivity index (χ4v) is 3.54.